The van der Waals surface area contributed by atoms with Gasteiger partial charge in [0.15, 0.2) is 11.6 Å². The van der Waals surface area contributed by atoms with Crippen molar-refractivity contribution in [3.05, 3.63) is 36.5 Å². The lowest BCUT2D eigenvalue weighted by atomic mass is 10.1. The first-order chi connectivity index (χ1) is 10.6. The molecule has 0 spiro atoms. The number of carboxylic acids is 1. The summed E-state index contributed by atoms with van der Waals surface area (Å²) in [4.78, 5) is 32.8. The number of unbranched alkanes of at least 4 members (excludes halogenated alkanes) is 4. The molecule has 0 aliphatic heterocycles. The maximum Gasteiger partial charge on any atom is 0.303 e. The Balaban J connectivity index is 3.62. The number of ketones is 2. The van der Waals surface area contributed by atoms with Crippen LogP contribution >= 0.6 is 0 Å². The molecule has 0 aromatic rings. The molecule has 1 N–H and O–H groups in total. The van der Waals surface area contributed by atoms with E-state index in [1.807, 2.05) is 0 Å². The van der Waals surface area contributed by atoms with E-state index in [4.69, 9.17) is 5.11 Å². The van der Waals surface area contributed by atoms with Crippen LogP contribution in [0.25, 0.3) is 0 Å². The maximum atomic E-state index is 11.5. The van der Waals surface area contributed by atoms with E-state index >= 15 is 0 Å². The van der Waals surface area contributed by atoms with Crippen molar-refractivity contribution in [2.45, 2.75) is 58.3 Å². The van der Waals surface area contributed by atoms with E-state index in [0.29, 0.717) is 19.3 Å². The Morgan fingerprint density at radius 2 is 1.23 bits per heavy atom. The third-order valence-corrected chi connectivity index (χ3v) is 3.06. The summed E-state index contributed by atoms with van der Waals surface area (Å²) in [6.45, 7) is 1.81. The molecule has 4 heteroatoms. The van der Waals surface area contributed by atoms with Gasteiger partial charge in [0, 0.05) is 19.3 Å². The van der Waals surface area contributed by atoms with Crippen LogP contribution in [0.5, 0.6) is 0 Å². The topological polar surface area (TPSA) is 71.4 Å². The van der Waals surface area contributed by atoms with Crippen LogP contribution in [0.3, 0.4) is 0 Å². The summed E-state index contributed by atoms with van der Waals surface area (Å²) in [5.41, 5.74) is 0. The van der Waals surface area contributed by atoms with Crippen LogP contribution in [0.4, 0.5) is 0 Å². The van der Waals surface area contributed by atoms with Gasteiger partial charge in [-0.1, -0.05) is 50.5 Å². The number of hydrogen-bond donors (Lipinski definition) is 1. The Morgan fingerprint density at radius 3 is 1.77 bits per heavy atom. The minimum absolute atomic E-state index is 0.0769. The van der Waals surface area contributed by atoms with E-state index in [9.17, 15) is 14.4 Å². The first kappa shape index (κ1) is 20.0. The van der Waals surface area contributed by atoms with Crippen LogP contribution in [-0.4, -0.2) is 22.6 Å². The van der Waals surface area contributed by atoms with Crippen LogP contribution in [-0.2, 0) is 14.4 Å². The minimum atomic E-state index is -0.748. The lowest BCUT2D eigenvalue weighted by molar-refractivity contribution is -0.137. The van der Waals surface area contributed by atoms with Gasteiger partial charge in [0.2, 0.25) is 0 Å². The number of rotatable bonds is 13. The maximum absolute atomic E-state index is 11.5. The van der Waals surface area contributed by atoms with Crippen LogP contribution in [0.2, 0.25) is 0 Å². The summed E-state index contributed by atoms with van der Waals surface area (Å²) < 4.78 is 0. The molecule has 0 fully saturated rings. The summed E-state index contributed by atoms with van der Waals surface area (Å²) in [5.74, 6) is -0.584. The molecule has 0 rings (SSSR count). The summed E-state index contributed by atoms with van der Waals surface area (Å²) in [7, 11) is 0. The summed E-state index contributed by atoms with van der Waals surface area (Å²) in [6.07, 6.45) is 15.5. The van der Waals surface area contributed by atoms with Crippen molar-refractivity contribution in [1.82, 2.24) is 0 Å². The molecule has 0 aromatic carbocycles. The van der Waals surface area contributed by atoms with Gasteiger partial charge >= 0.3 is 5.97 Å². The number of carbonyl (C=O) groups is 3. The molecular formula is C18H26O4. The normalized spacial score (nSPS) is 11.7. The Bertz CT molecular complexity index is 430. The van der Waals surface area contributed by atoms with Crippen molar-refractivity contribution < 1.29 is 19.5 Å². The van der Waals surface area contributed by atoms with Gasteiger partial charge in [0.25, 0.3) is 0 Å². The standard InChI is InChI=1S/C18H26O4/c1-2-16(19)12-8-6-7-10-14-17(20)13-9-4-3-5-11-15-18(21)22/h6-8,10,12,14H,2-5,9,11,13,15H2,1H3,(H,21,22)/b7-6+,12-8+,14-10+. The highest BCUT2D eigenvalue weighted by Crippen LogP contribution is 2.07. The molecule has 22 heavy (non-hydrogen) atoms. The van der Waals surface area contributed by atoms with E-state index in [-0.39, 0.29) is 18.0 Å². The molecule has 0 unspecified atom stereocenters. The number of aliphatic carboxylic acids is 1. The Labute approximate surface area is 132 Å². The molecule has 0 aliphatic rings. The molecule has 0 saturated carbocycles. The number of carboxylic acid groups (broad SMARTS) is 1. The smallest absolute Gasteiger partial charge is 0.303 e. The molecule has 0 bridgehead atoms. The van der Waals surface area contributed by atoms with Crippen LogP contribution in [0, 0.1) is 0 Å². The molecule has 0 aliphatic carbocycles. The van der Waals surface area contributed by atoms with Gasteiger partial charge in [0.1, 0.15) is 0 Å². The Morgan fingerprint density at radius 1 is 0.727 bits per heavy atom. The second-order valence-corrected chi connectivity index (χ2v) is 5.05. The van der Waals surface area contributed by atoms with Gasteiger partial charge in [-0.3, -0.25) is 14.4 Å². The zero-order chi connectivity index (χ0) is 16.6. The summed E-state index contributed by atoms with van der Waals surface area (Å²) in [5, 5.41) is 8.49. The average molecular weight is 306 g/mol. The molecule has 0 heterocycles. The SMILES string of the molecule is CCC(=O)/C=C/C=C/C=C/C(=O)CCCCCCCC(=O)O. The zero-order valence-electron chi connectivity index (χ0n) is 13.3. The number of allylic oxidation sites excluding steroid dienone is 6. The molecule has 0 atom stereocenters. The van der Waals surface area contributed by atoms with Gasteiger partial charge in [-0.2, -0.15) is 0 Å². The molecule has 0 radical (unpaired) electrons. The zero-order valence-corrected chi connectivity index (χ0v) is 13.3. The lowest BCUT2D eigenvalue weighted by Gasteiger charge is -1.98. The highest BCUT2D eigenvalue weighted by atomic mass is 16.4. The summed E-state index contributed by atoms with van der Waals surface area (Å²) in [6, 6.07) is 0. The largest absolute Gasteiger partial charge is 0.481 e. The third kappa shape index (κ3) is 14.4. The van der Waals surface area contributed by atoms with E-state index in [0.717, 1.165) is 25.7 Å². The van der Waals surface area contributed by atoms with Gasteiger partial charge in [-0.05, 0) is 25.0 Å². The third-order valence-electron chi connectivity index (χ3n) is 3.06. The first-order valence-corrected chi connectivity index (χ1v) is 7.85. The predicted octanol–water partition coefficient (Wildman–Crippen LogP) is 4.02. The highest BCUT2D eigenvalue weighted by molar-refractivity contribution is 5.90. The Hall–Kier alpha value is -1.97. The molecule has 0 aromatic heterocycles. The Kier molecular flexibility index (Phi) is 12.7. The molecule has 4 nitrogen and oxygen atoms in total. The number of carbonyl (C=O) groups excluding carboxylic acids is 2. The van der Waals surface area contributed by atoms with Gasteiger partial charge in [0.05, 0.1) is 0 Å². The molecule has 0 saturated heterocycles. The van der Waals surface area contributed by atoms with Crippen molar-refractivity contribution in [3.63, 3.8) is 0 Å². The van der Waals surface area contributed by atoms with Gasteiger partial charge < -0.3 is 5.11 Å². The van der Waals surface area contributed by atoms with Crippen LogP contribution < -0.4 is 0 Å². The van der Waals surface area contributed by atoms with Crippen molar-refractivity contribution in [3.8, 4) is 0 Å². The molecule has 0 amide bonds. The molecule has 122 valence electrons. The highest BCUT2D eigenvalue weighted by Gasteiger charge is 1.98. The van der Waals surface area contributed by atoms with E-state index < -0.39 is 5.97 Å². The number of hydrogen-bond acceptors (Lipinski definition) is 3. The fourth-order valence-corrected chi connectivity index (χ4v) is 1.76. The van der Waals surface area contributed by atoms with E-state index in [1.54, 1.807) is 31.2 Å². The van der Waals surface area contributed by atoms with Gasteiger partial charge in [-0.15, -0.1) is 0 Å². The van der Waals surface area contributed by atoms with Crippen molar-refractivity contribution in [2.75, 3.05) is 0 Å². The fraction of sp³-hybridized carbons (Fsp3) is 0.500. The van der Waals surface area contributed by atoms with Crippen molar-refractivity contribution >= 4 is 17.5 Å². The monoisotopic (exact) mass is 306 g/mol. The minimum Gasteiger partial charge on any atom is -0.481 e. The van der Waals surface area contributed by atoms with Crippen molar-refractivity contribution in [2.24, 2.45) is 0 Å². The van der Waals surface area contributed by atoms with Crippen molar-refractivity contribution in [1.29, 1.82) is 0 Å². The fourth-order valence-electron chi connectivity index (χ4n) is 1.76. The van der Waals surface area contributed by atoms with E-state index in [1.165, 1.54) is 12.2 Å². The first-order valence-electron chi connectivity index (χ1n) is 7.85. The predicted molar refractivity (Wildman–Crippen MR) is 87.7 cm³/mol. The summed E-state index contributed by atoms with van der Waals surface area (Å²) >= 11 is 0. The average Bonchev–Trinajstić information content (AvgIpc) is 2.49. The lowest BCUT2D eigenvalue weighted by Crippen LogP contribution is -1.94. The van der Waals surface area contributed by atoms with Crippen LogP contribution in [0.1, 0.15) is 58.3 Å². The quantitative estimate of drug-likeness (QED) is 0.317. The second-order valence-electron chi connectivity index (χ2n) is 5.05. The van der Waals surface area contributed by atoms with Gasteiger partial charge in [-0.25, -0.2) is 0 Å². The van der Waals surface area contributed by atoms with Crippen LogP contribution in [0.15, 0.2) is 36.5 Å². The molecular weight excluding hydrogens is 280 g/mol. The second kappa shape index (κ2) is 14.0. The van der Waals surface area contributed by atoms with E-state index in [2.05, 4.69) is 0 Å².